The summed E-state index contributed by atoms with van der Waals surface area (Å²) in [7, 11) is 0. The van der Waals surface area contributed by atoms with Gasteiger partial charge in [-0.25, -0.2) is 0 Å². The Kier molecular flexibility index (Phi) is 4.42. The zero-order chi connectivity index (χ0) is 16.2. The normalized spacial score (nSPS) is 10.9. The highest BCUT2D eigenvalue weighted by Gasteiger charge is 2.18. The van der Waals surface area contributed by atoms with Crippen LogP contribution in [0.3, 0.4) is 0 Å². The lowest BCUT2D eigenvalue weighted by molar-refractivity contribution is 0.103. The van der Waals surface area contributed by atoms with E-state index in [1.54, 1.807) is 0 Å². The molecule has 2 nitrogen and oxygen atoms in total. The van der Waals surface area contributed by atoms with Gasteiger partial charge in [-0.05, 0) is 23.6 Å². The van der Waals surface area contributed by atoms with Crippen molar-refractivity contribution >= 4 is 5.78 Å². The molecular formula is C21H20NO. The third kappa shape index (κ3) is 3.26. The molecule has 23 heavy (non-hydrogen) atoms. The van der Waals surface area contributed by atoms with E-state index in [0.717, 1.165) is 29.1 Å². The highest BCUT2D eigenvalue weighted by atomic mass is 16.1. The predicted octanol–water partition coefficient (Wildman–Crippen LogP) is 5.00. The molecule has 115 valence electrons. The zero-order valence-electron chi connectivity index (χ0n) is 13.5. The molecule has 1 aromatic heterocycles. The maximum absolute atomic E-state index is 12.9. The van der Waals surface area contributed by atoms with Gasteiger partial charge in [-0.3, -0.25) is 4.79 Å². The molecule has 0 spiro atoms. The average Bonchev–Trinajstić information content (AvgIpc) is 2.98. The number of hydrogen-bond acceptors (Lipinski definition) is 1. The van der Waals surface area contributed by atoms with Gasteiger partial charge in [0.25, 0.3) is 0 Å². The summed E-state index contributed by atoms with van der Waals surface area (Å²) in [4.78, 5) is 12.9. The summed E-state index contributed by atoms with van der Waals surface area (Å²) in [5.41, 5.74) is 3.66. The molecular weight excluding hydrogens is 282 g/mol. The van der Waals surface area contributed by atoms with Gasteiger partial charge >= 0.3 is 0 Å². The number of benzene rings is 2. The lowest BCUT2D eigenvalue weighted by Gasteiger charge is -2.15. The minimum Gasteiger partial charge on any atom is -0.337 e. The van der Waals surface area contributed by atoms with Crippen molar-refractivity contribution in [2.75, 3.05) is 0 Å². The van der Waals surface area contributed by atoms with E-state index in [-0.39, 0.29) is 5.78 Å². The molecule has 0 saturated heterocycles. The number of carbonyl (C=O) groups excluding carboxylic acids is 1. The Morgan fingerprint density at radius 2 is 1.43 bits per heavy atom. The van der Waals surface area contributed by atoms with Crippen LogP contribution >= 0.6 is 0 Å². The van der Waals surface area contributed by atoms with Crippen molar-refractivity contribution in [2.45, 2.75) is 20.4 Å². The highest BCUT2D eigenvalue weighted by Crippen LogP contribution is 2.25. The Morgan fingerprint density at radius 1 is 0.826 bits per heavy atom. The van der Waals surface area contributed by atoms with Gasteiger partial charge in [0.05, 0.1) is 5.69 Å². The van der Waals surface area contributed by atoms with Gasteiger partial charge in [0.15, 0.2) is 0 Å². The first kappa shape index (κ1) is 15.3. The molecule has 2 heteroatoms. The lowest BCUT2D eigenvalue weighted by Crippen LogP contribution is -2.13. The largest absolute Gasteiger partial charge is 0.337 e. The second-order valence-corrected chi connectivity index (χ2v) is 5.96. The molecule has 0 unspecified atom stereocenters. The number of hydrogen-bond donors (Lipinski definition) is 0. The summed E-state index contributed by atoms with van der Waals surface area (Å²) in [5, 5.41) is 0. The van der Waals surface area contributed by atoms with E-state index in [1.165, 1.54) is 5.92 Å². The molecule has 0 saturated carbocycles. The van der Waals surface area contributed by atoms with Crippen LogP contribution < -0.4 is 0 Å². The Hall–Kier alpha value is -2.61. The molecule has 0 bridgehead atoms. The fraction of sp³-hybridized carbons (Fsp3) is 0.143. The molecule has 0 N–H and O–H groups in total. The third-order valence-corrected chi connectivity index (χ3v) is 3.79. The minimum absolute atomic E-state index is 0.0639. The Bertz CT molecular complexity index is 785. The maximum atomic E-state index is 12.9. The van der Waals surface area contributed by atoms with Gasteiger partial charge < -0.3 is 4.57 Å². The fourth-order valence-corrected chi connectivity index (χ4v) is 2.75. The van der Waals surface area contributed by atoms with Crippen molar-refractivity contribution in [3.05, 3.63) is 90.0 Å². The summed E-state index contributed by atoms with van der Waals surface area (Å²) in [6, 6.07) is 23.6. The van der Waals surface area contributed by atoms with Crippen LogP contribution in [-0.2, 0) is 6.54 Å². The van der Waals surface area contributed by atoms with Crippen LogP contribution in [0, 0.1) is 5.92 Å². The van der Waals surface area contributed by atoms with Crippen LogP contribution in [0.4, 0.5) is 0 Å². The molecule has 0 aliphatic carbocycles. The van der Waals surface area contributed by atoms with Gasteiger partial charge in [0, 0.05) is 17.8 Å². The molecule has 0 aliphatic heterocycles. The Balaban J connectivity index is 2.07. The summed E-state index contributed by atoms with van der Waals surface area (Å²) in [6.07, 6.45) is 0. The van der Waals surface area contributed by atoms with Crippen molar-refractivity contribution in [1.29, 1.82) is 0 Å². The standard InChI is InChI=1S/C21H20NO/c1-16(2)15-22-19(17-9-5-3-6-10-17)13-14-20(22)21(23)18-11-7-4-8-12-18/h3-14H,15H2,1-2H3. The molecule has 0 fully saturated rings. The van der Waals surface area contributed by atoms with E-state index in [2.05, 4.69) is 30.5 Å². The monoisotopic (exact) mass is 302 g/mol. The van der Waals surface area contributed by atoms with Gasteiger partial charge in [-0.15, -0.1) is 0 Å². The Morgan fingerprint density at radius 3 is 2.04 bits per heavy atom. The Labute approximate surface area is 137 Å². The number of carbonyl (C=O) groups is 1. The van der Waals surface area contributed by atoms with Crippen molar-refractivity contribution in [3.63, 3.8) is 0 Å². The number of ketones is 1. The van der Waals surface area contributed by atoms with Crippen molar-refractivity contribution in [2.24, 2.45) is 0 Å². The molecule has 0 amide bonds. The van der Waals surface area contributed by atoms with Crippen LogP contribution in [-0.4, -0.2) is 10.4 Å². The van der Waals surface area contributed by atoms with Gasteiger partial charge in [-0.2, -0.15) is 0 Å². The predicted molar refractivity (Wildman–Crippen MR) is 94.3 cm³/mol. The summed E-state index contributed by atoms with van der Waals surface area (Å²) >= 11 is 0. The van der Waals surface area contributed by atoms with E-state index in [0.29, 0.717) is 0 Å². The zero-order valence-corrected chi connectivity index (χ0v) is 13.5. The highest BCUT2D eigenvalue weighted by molar-refractivity contribution is 6.08. The smallest absolute Gasteiger partial charge is 0.209 e. The second kappa shape index (κ2) is 6.66. The number of rotatable bonds is 5. The number of aromatic nitrogens is 1. The van der Waals surface area contributed by atoms with Gasteiger partial charge in [0.1, 0.15) is 0 Å². The van der Waals surface area contributed by atoms with E-state index in [4.69, 9.17) is 0 Å². The molecule has 0 aliphatic rings. The van der Waals surface area contributed by atoms with Crippen molar-refractivity contribution < 1.29 is 4.79 Å². The molecule has 2 aromatic carbocycles. The summed E-state index contributed by atoms with van der Waals surface area (Å²) in [5.74, 6) is 1.33. The molecule has 1 radical (unpaired) electrons. The topological polar surface area (TPSA) is 22.0 Å². The van der Waals surface area contributed by atoms with Gasteiger partial charge in [0.2, 0.25) is 5.78 Å². The van der Waals surface area contributed by atoms with Crippen LogP contribution in [0.2, 0.25) is 0 Å². The summed E-state index contributed by atoms with van der Waals surface area (Å²) in [6.45, 7) is 4.92. The van der Waals surface area contributed by atoms with E-state index in [9.17, 15) is 4.79 Å². The average molecular weight is 302 g/mol. The lowest BCUT2D eigenvalue weighted by atomic mass is 10.1. The fourth-order valence-electron chi connectivity index (χ4n) is 2.75. The SMILES string of the molecule is C[C](C)Cn1c(C(=O)c2ccccc2)ccc1-c1ccccc1. The van der Waals surface area contributed by atoms with Gasteiger partial charge in [-0.1, -0.05) is 74.5 Å². The molecule has 3 aromatic rings. The molecule has 0 atom stereocenters. The maximum Gasteiger partial charge on any atom is 0.209 e. The van der Waals surface area contributed by atoms with Crippen LogP contribution in [0.15, 0.2) is 72.8 Å². The summed E-state index contributed by atoms with van der Waals surface area (Å²) < 4.78 is 2.11. The van der Waals surface area contributed by atoms with Crippen LogP contribution in [0.5, 0.6) is 0 Å². The van der Waals surface area contributed by atoms with Crippen LogP contribution in [0.1, 0.15) is 29.9 Å². The quantitative estimate of drug-likeness (QED) is 0.608. The first-order valence-corrected chi connectivity index (χ1v) is 7.80. The number of nitrogens with zero attached hydrogens (tertiary/aromatic N) is 1. The van der Waals surface area contributed by atoms with E-state index in [1.807, 2.05) is 60.7 Å². The van der Waals surface area contributed by atoms with Crippen molar-refractivity contribution in [1.82, 2.24) is 4.57 Å². The molecule has 1 heterocycles. The molecule has 3 rings (SSSR count). The second-order valence-electron chi connectivity index (χ2n) is 5.96. The van der Waals surface area contributed by atoms with Crippen LogP contribution in [0.25, 0.3) is 11.3 Å². The third-order valence-electron chi connectivity index (χ3n) is 3.79. The van der Waals surface area contributed by atoms with Crippen molar-refractivity contribution in [3.8, 4) is 11.3 Å². The first-order valence-electron chi connectivity index (χ1n) is 7.80. The van der Waals surface area contributed by atoms with E-state index >= 15 is 0 Å². The van der Waals surface area contributed by atoms with E-state index < -0.39 is 0 Å². The first-order chi connectivity index (χ1) is 11.2. The minimum atomic E-state index is 0.0639.